The minimum absolute atomic E-state index is 0.0881. The smallest absolute Gasteiger partial charge is 0.233 e. The third kappa shape index (κ3) is 5.83. The van der Waals surface area contributed by atoms with Gasteiger partial charge in [0.25, 0.3) is 0 Å². The van der Waals surface area contributed by atoms with E-state index >= 15 is 0 Å². The molecule has 1 heterocycles. The van der Waals surface area contributed by atoms with E-state index in [4.69, 9.17) is 4.74 Å². The molecule has 2 atom stereocenters. The number of thioether (sulfide) groups is 1. The molecular formula is C18H28N2O2S. The monoisotopic (exact) mass is 336 g/mol. The molecule has 1 amide bonds. The van der Waals surface area contributed by atoms with Gasteiger partial charge in [-0.15, -0.1) is 11.8 Å². The van der Waals surface area contributed by atoms with Gasteiger partial charge in [-0.25, -0.2) is 0 Å². The highest BCUT2D eigenvalue weighted by Crippen LogP contribution is 2.22. The molecule has 4 nitrogen and oxygen atoms in total. The molecule has 2 unspecified atom stereocenters. The number of ether oxygens (including phenoxy) is 1. The Kier molecular flexibility index (Phi) is 7.40. The van der Waals surface area contributed by atoms with E-state index in [0.717, 1.165) is 31.2 Å². The Morgan fingerprint density at radius 2 is 1.87 bits per heavy atom. The van der Waals surface area contributed by atoms with Gasteiger partial charge in [0.2, 0.25) is 5.91 Å². The summed E-state index contributed by atoms with van der Waals surface area (Å²) in [6.07, 6.45) is 0. The molecule has 0 aromatic heterocycles. The van der Waals surface area contributed by atoms with Crippen LogP contribution in [0.5, 0.6) is 0 Å². The van der Waals surface area contributed by atoms with Gasteiger partial charge in [0, 0.05) is 30.6 Å². The molecule has 128 valence electrons. The zero-order chi connectivity index (χ0) is 16.7. The summed E-state index contributed by atoms with van der Waals surface area (Å²) < 4.78 is 5.43. The first-order valence-electron chi connectivity index (χ1n) is 8.39. The van der Waals surface area contributed by atoms with Crippen LogP contribution >= 0.6 is 11.8 Å². The zero-order valence-corrected chi connectivity index (χ0v) is 15.1. The average molecular weight is 337 g/mol. The van der Waals surface area contributed by atoms with Crippen molar-refractivity contribution in [1.82, 2.24) is 10.2 Å². The molecule has 0 bridgehead atoms. The van der Waals surface area contributed by atoms with Crippen molar-refractivity contribution in [1.29, 1.82) is 0 Å². The Labute approximate surface area is 144 Å². The fraction of sp³-hybridized carbons (Fsp3) is 0.611. The van der Waals surface area contributed by atoms with Crippen molar-refractivity contribution in [3.63, 3.8) is 0 Å². The quantitative estimate of drug-likeness (QED) is 0.777. The molecule has 5 heteroatoms. The number of hydrogen-bond acceptors (Lipinski definition) is 4. The molecule has 1 aliphatic rings. The van der Waals surface area contributed by atoms with Gasteiger partial charge < -0.3 is 10.1 Å². The van der Waals surface area contributed by atoms with Crippen LogP contribution in [-0.4, -0.2) is 54.9 Å². The first kappa shape index (κ1) is 18.3. The van der Waals surface area contributed by atoms with Crippen LogP contribution < -0.4 is 5.32 Å². The van der Waals surface area contributed by atoms with Crippen LogP contribution in [0.3, 0.4) is 0 Å². The minimum atomic E-state index is -0.0881. The van der Waals surface area contributed by atoms with E-state index in [0.29, 0.717) is 18.5 Å². The summed E-state index contributed by atoms with van der Waals surface area (Å²) in [6.45, 7) is 10.6. The Balaban J connectivity index is 1.83. The van der Waals surface area contributed by atoms with E-state index in [-0.39, 0.29) is 11.2 Å². The molecule has 2 rings (SSSR count). The molecule has 0 spiro atoms. The Bertz CT molecular complexity index is 475. The van der Waals surface area contributed by atoms with Crippen LogP contribution in [0, 0.1) is 5.92 Å². The summed E-state index contributed by atoms with van der Waals surface area (Å²) in [7, 11) is 0. The van der Waals surface area contributed by atoms with E-state index in [9.17, 15) is 4.79 Å². The van der Waals surface area contributed by atoms with E-state index in [1.54, 1.807) is 11.8 Å². The molecule has 23 heavy (non-hydrogen) atoms. The lowest BCUT2D eigenvalue weighted by Gasteiger charge is -2.37. The molecule has 0 radical (unpaired) electrons. The van der Waals surface area contributed by atoms with Crippen LogP contribution in [0.2, 0.25) is 0 Å². The number of nitrogens with one attached hydrogen (secondary N) is 1. The largest absolute Gasteiger partial charge is 0.379 e. The van der Waals surface area contributed by atoms with Crippen molar-refractivity contribution in [2.75, 3.05) is 32.8 Å². The lowest BCUT2D eigenvalue weighted by atomic mass is 10.0. The predicted molar refractivity (Wildman–Crippen MR) is 95.8 cm³/mol. The first-order valence-corrected chi connectivity index (χ1v) is 9.27. The van der Waals surface area contributed by atoms with Gasteiger partial charge in [-0.05, 0) is 25.0 Å². The maximum atomic E-state index is 12.4. The molecule has 1 fully saturated rings. The predicted octanol–water partition coefficient (Wildman–Crippen LogP) is 2.64. The summed E-state index contributed by atoms with van der Waals surface area (Å²) in [5, 5.41) is 3.05. The van der Waals surface area contributed by atoms with Gasteiger partial charge in [0.15, 0.2) is 0 Å². The second kappa shape index (κ2) is 9.30. The van der Waals surface area contributed by atoms with E-state index in [1.165, 1.54) is 0 Å². The summed E-state index contributed by atoms with van der Waals surface area (Å²) in [5.74, 6) is 0.614. The molecule has 1 aromatic carbocycles. The van der Waals surface area contributed by atoms with E-state index < -0.39 is 0 Å². The molecule has 0 saturated carbocycles. The van der Waals surface area contributed by atoms with Crippen molar-refractivity contribution in [2.24, 2.45) is 5.92 Å². The molecule has 1 saturated heterocycles. The summed E-state index contributed by atoms with van der Waals surface area (Å²) in [5.41, 5.74) is 0. The molecule has 1 aliphatic heterocycles. The topological polar surface area (TPSA) is 41.6 Å². The van der Waals surface area contributed by atoms with Gasteiger partial charge in [-0.2, -0.15) is 0 Å². The highest BCUT2D eigenvalue weighted by Gasteiger charge is 2.25. The highest BCUT2D eigenvalue weighted by atomic mass is 32.2. The summed E-state index contributed by atoms with van der Waals surface area (Å²) in [4.78, 5) is 15.9. The average Bonchev–Trinajstić information content (AvgIpc) is 2.56. The Morgan fingerprint density at radius 3 is 2.48 bits per heavy atom. The third-order valence-electron chi connectivity index (χ3n) is 4.19. The second-order valence-corrected chi connectivity index (χ2v) is 7.69. The number of morpholine rings is 1. The minimum Gasteiger partial charge on any atom is -0.379 e. The molecule has 1 aromatic rings. The number of rotatable bonds is 7. The lowest BCUT2D eigenvalue weighted by Crippen LogP contribution is -2.51. The van der Waals surface area contributed by atoms with Crippen molar-refractivity contribution >= 4 is 17.7 Å². The number of nitrogens with zero attached hydrogens (tertiary/aromatic N) is 1. The van der Waals surface area contributed by atoms with Crippen molar-refractivity contribution < 1.29 is 9.53 Å². The number of benzene rings is 1. The second-order valence-electron chi connectivity index (χ2n) is 6.28. The van der Waals surface area contributed by atoms with Gasteiger partial charge in [0.1, 0.15) is 0 Å². The van der Waals surface area contributed by atoms with Gasteiger partial charge in [0.05, 0.1) is 18.5 Å². The van der Waals surface area contributed by atoms with Crippen LogP contribution in [0.1, 0.15) is 20.8 Å². The van der Waals surface area contributed by atoms with Crippen LogP contribution in [0.15, 0.2) is 35.2 Å². The van der Waals surface area contributed by atoms with Crippen molar-refractivity contribution in [3.05, 3.63) is 30.3 Å². The fourth-order valence-electron chi connectivity index (χ4n) is 2.80. The zero-order valence-electron chi connectivity index (χ0n) is 14.3. The van der Waals surface area contributed by atoms with Crippen LogP contribution in [0.25, 0.3) is 0 Å². The van der Waals surface area contributed by atoms with E-state index in [2.05, 4.69) is 24.1 Å². The van der Waals surface area contributed by atoms with Crippen LogP contribution in [0.4, 0.5) is 0 Å². The SMILES string of the molecule is CC(Sc1ccccc1)C(=O)NCC(C(C)C)N1CCOCC1. The summed E-state index contributed by atoms with van der Waals surface area (Å²) >= 11 is 1.60. The van der Waals surface area contributed by atoms with Crippen LogP contribution in [-0.2, 0) is 9.53 Å². The Hall–Kier alpha value is -1.04. The lowest BCUT2D eigenvalue weighted by molar-refractivity contribution is -0.120. The fourth-order valence-corrected chi connectivity index (χ4v) is 3.71. The number of amides is 1. The summed E-state index contributed by atoms with van der Waals surface area (Å²) in [6, 6.07) is 10.4. The maximum Gasteiger partial charge on any atom is 0.233 e. The first-order chi connectivity index (χ1) is 11.1. The van der Waals surface area contributed by atoms with Gasteiger partial charge in [-0.1, -0.05) is 32.0 Å². The standard InChI is InChI=1S/C18H28N2O2S/c1-14(2)17(20-9-11-22-12-10-20)13-19-18(21)15(3)23-16-7-5-4-6-8-16/h4-8,14-15,17H,9-13H2,1-3H3,(H,19,21). The maximum absolute atomic E-state index is 12.4. The Morgan fingerprint density at radius 1 is 1.22 bits per heavy atom. The van der Waals surface area contributed by atoms with Crippen molar-refractivity contribution in [2.45, 2.75) is 37.0 Å². The normalized spacial score (nSPS) is 18.6. The van der Waals surface area contributed by atoms with Gasteiger partial charge >= 0.3 is 0 Å². The number of carbonyl (C=O) groups is 1. The number of hydrogen-bond donors (Lipinski definition) is 1. The molecule has 0 aliphatic carbocycles. The van der Waals surface area contributed by atoms with Gasteiger partial charge in [-0.3, -0.25) is 9.69 Å². The van der Waals surface area contributed by atoms with Crippen molar-refractivity contribution in [3.8, 4) is 0 Å². The molecule has 1 N–H and O–H groups in total. The highest BCUT2D eigenvalue weighted by molar-refractivity contribution is 8.00. The molecular weight excluding hydrogens is 308 g/mol. The third-order valence-corrected chi connectivity index (χ3v) is 5.31. The van der Waals surface area contributed by atoms with E-state index in [1.807, 2.05) is 37.3 Å². The number of carbonyl (C=O) groups excluding carboxylic acids is 1.